The van der Waals surface area contributed by atoms with Crippen molar-refractivity contribution in [1.29, 1.82) is 0 Å². The molecule has 2 rings (SSSR count). The van der Waals surface area contributed by atoms with Crippen LogP contribution < -0.4 is 10.6 Å². The van der Waals surface area contributed by atoms with E-state index in [4.69, 9.17) is 0 Å². The van der Waals surface area contributed by atoms with Crippen molar-refractivity contribution in [2.24, 2.45) is 7.05 Å². The molecule has 0 aliphatic rings. The smallest absolute Gasteiger partial charge is 0.135 e. The van der Waals surface area contributed by atoms with E-state index in [2.05, 4.69) is 46.5 Å². The first-order valence-electron chi connectivity index (χ1n) is 7.22. The molecule has 0 unspecified atom stereocenters. The van der Waals surface area contributed by atoms with E-state index < -0.39 is 0 Å². The Balaban J connectivity index is 2.21. The predicted molar refractivity (Wildman–Crippen MR) is 85.7 cm³/mol. The van der Waals surface area contributed by atoms with Gasteiger partial charge in [-0.25, -0.2) is 9.97 Å². The van der Waals surface area contributed by atoms with Gasteiger partial charge in [-0.2, -0.15) is 5.10 Å². The van der Waals surface area contributed by atoms with Gasteiger partial charge in [0.15, 0.2) is 0 Å². The van der Waals surface area contributed by atoms with Gasteiger partial charge in [-0.15, -0.1) is 0 Å². The summed E-state index contributed by atoms with van der Waals surface area (Å²) in [6.45, 7) is 9.00. The van der Waals surface area contributed by atoms with Crippen molar-refractivity contribution in [1.82, 2.24) is 19.7 Å². The van der Waals surface area contributed by atoms with Gasteiger partial charge in [0.05, 0.1) is 5.69 Å². The minimum atomic E-state index is 0.292. The molecule has 0 saturated heterocycles. The maximum absolute atomic E-state index is 4.57. The molecule has 2 aromatic heterocycles. The van der Waals surface area contributed by atoms with Crippen LogP contribution in [0.1, 0.15) is 42.5 Å². The Labute approximate surface area is 126 Å². The highest BCUT2D eigenvalue weighted by atomic mass is 15.3. The zero-order valence-corrected chi connectivity index (χ0v) is 13.7. The highest BCUT2D eigenvalue weighted by Crippen LogP contribution is 2.18. The topological polar surface area (TPSA) is 67.7 Å². The number of nitrogens with one attached hydrogen (secondary N) is 2. The van der Waals surface area contributed by atoms with Gasteiger partial charge in [0.25, 0.3) is 0 Å². The summed E-state index contributed by atoms with van der Waals surface area (Å²) in [6, 6.07) is 1.92. The Bertz CT molecular complexity index is 629. The average Bonchev–Trinajstić information content (AvgIpc) is 2.69. The molecule has 6 nitrogen and oxygen atoms in total. The van der Waals surface area contributed by atoms with Gasteiger partial charge in [0, 0.05) is 43.9 Å². The van der Waals surface area contributed by atoms with Crippen molar-refractivity contribution in [3.8, 4) is 0 Å². The van der Waals surface area contributed by atoms with Gasteiger partial charge in [-0.1, -0.05) is 13.8 Å². The molecule has 0 atom stereocenters. The Morgan fingerprint density at radius 1 is 1.19 bits per heavy atom. The van der Waals surface area contributed by atoms with Gasteiger partial charge in [-0.05, 0) is 13.8 Å². The summed E-state index contributed by atoms with van der Waals surface area (Å²) in [5.74, 6) is 2.79. The molecule has 0 radical (unpaired) electrons. The van der Waals surface area contributed by atoms with Crippen molar-refractivity contribution in [3.63, 3.8) is 0 Å². The van der Waals surface area contributed by atoms with E-state index in [-0.39, 0.29) is 0 Å². The van der Waals surface area contributed by atoms with Crippen LogP contribution in [0.25, 0.3) is 0 Å². The monoisotopic (exact) mass is 288 g/mol. The van der Waals surface area contributed by atoms with Crippen LogP contribution in [-0.4, -0.2) is 26.8 Å². The second-order valence-electron chi connectivity index (χ2n) is 5.53. The minimum absolute atomic E-state index is 0.292. The number of aryl methyl sites for hydroxylation is 2. The van der Waals surface area contributed by atoms with Crippen molar-refractivity contribution in [3.05, 3.63) is 28.8 Å². The fourth-order valence-corrected chi connectivity index (χ4v) is 2.19. The van der Waals surface area contributed by atoms with Crippen LogP contribution in [0, 0.1) is 13.8 Å². The van der Waals surface area contributed by atoms with E-state index in [1.807, 2.05) is 31.8 Å². The normalized spacial score (nSPS) is 11.0. The van der Waals surface area contributed by atoms with E-state index in [1.165, 1.54) is 11.3 Å². The van der Waals surface area contributed by atoms with Crippen LogP contribution in [0.15, 0.2) is 6.07 Å². The van der Waals surface area contributed by atoms with Crippen molar-refractivity contribution >= 4 is 11.6 Å². The third-order valence-corrected chi connectivity index (χ3v) is 3.62. The summed E-state index contributed by atoms with van der Waals surface area (Å²) in [7, 11) is 3.83. The lowest BCUT2D eigenvalue weighted by Crippen LogP contribution is -2.08. The molecule has 0 bridgehead atoms. The van der Waals surface area contributed by atoms with Crippen LogP contribution in [0.2, 0.25) is 0 Å². The predicted octanol–water partition coefficient (Wildman–Crippen LogP) is 2.60. The largest absolute Gasteiger partial charge is 0.373 e. The van der Waals surface area contributed by atoms with Gasteiger partial charge in [0.2, 0.25) is 0 Å². The molecule has 0 amide bonds. The fraction of sp³-hybridized carbons (Fsp3) is 0.533. The third-order valence-electron chi connectivity index (χ3n) is 3.62. The molecule has 0 fully saturated rings. The Morgan fingerprint density at radius 3 is 2.38 bits per heavy atom. The molecule has 6 heteroatoms. The summed E-state index contributed by atoms with van der Waals surface area (Å²) in [4.78, 5) is 9.04. The van der Waals surface area contributed by atoms with Gasteiger partial charge in [0.1, 0.15) is 17.5 Å². The first kappa shape index (κ1) is 15.3. The number of hydrogen-bond donors (Lipinski definition) is 2. The maximum Gasteiger partial charge on any atom is 0.135 e. The molecule has 0 saturated carbocycles. The standard InChI is InChI=1S/C15H24N6/c1-9(2)15-18-13(16-5)7-14(19-15)17-8-12-10(3)20-21(6)11(12)4/h7,9H,8H2,1-6H3,(H2,16,17,18,19). The van der Waals surface area contributed by atoms with Crippen molar-refractivity contribution in [2.75, 3.05) is 17.7 Å². The van der Waals surface area contributed by atoms with E-state index in [0.717, 1.165) is 23.2 Å². The molecular formula is C15H24N6. The second kappa shape index (κ2) is 6.11. The quantitative estimate of drug-likeness (QED) is 0.885. The van der Waals surface area contributed by atoms with E-state index in [1.54, 1.807) is 0 Å². The Kier molecular flexibility index (Phi) is 4.45. The number of hydrogen-bond acceptors (Lipinski definition) is 5. The average molecular weight is 288 g/mol. The van der Waals surface area contributed by atoms with Crippen LogP contribution in [0.4, 0.5) is 11.6 Å². The summed E-state index contributed by atoms with van der Waals surface area (Å²) in [5, 5.41) is 10.9. The summed E-state index contributed by atoms with van der Waals surface area (Å²) in [6.07, 6.45) is 0. The number of rotatable bonds is 5. The lowest BCUT2D eigenvalue weighted by atomic mass is 10.2. The second-order valence-corrected chi connectivity index (χ2v) is 5.53. The van der Waals surface area contributed by atoms with E-state index >= 15 is 0 Å². The molecule has 0 spiro atoms. The highest BCUT2D eigenvalue weighted by Gasteiger charge is 2.11. The first-order valence-corrected chi connectivity index (χ1v) is 7.22. The van der Waals surface area contributed by atoms with Crippen LogP contribution in [-0.2, 0) is 13.6 Å². The first-order chi connectivity index (χ1) is 9.92. The Morgan fingerprint density at radius 2 is 1.86 bits per heavy atom. The van der Waals surface area contributed by atoms with Crippen LogP contribution in [0.5, 0.6) is 0 Å². The number of nitrogens with zero attached hydrogens (tertiary/aromatic N) is 4. The molecule has 0 aromatic carbocycles. The summed E-state index contributed by atoms with van der Waals surface area (Å²) >= 11 is 0. The molecule has 0 aliphatic carbocycles. The van der Waals surface area contributed by atoms with Gasteiger partial charge in [-0.3, -0.25) is 4.68 Å². The molecule has 2 heterocycles. The zero-order chi connectivity index (χ0) is 15.6. The summed E-state index contributed by atoms with van der Waals surface area (Å²) < 4.78 is 1.91. The zero-order valence-electron chi connectivity index (χ0n) is 13.7. The van der Waals surface area contributed by atoms with Crippen LogP contribution in [0.3, 0.4) is 0 Å². The number of anilines is 2. The van der Waals surface area contributed by atoms with Crippen LogP contribution >= 0.6 is 0 Å². The Hall–Kier alpha value is -2.11. The number of aromatic nitrogens is 4. The summed E-state index contributed by atoms with van der Waals surface area (Å²) in [5.41, 5.74) is 3.44. The van der Waals surface area contributed by atoms with Crippen molar-refractivity contribution in [2.45, 2.75) is 40.2 Å². The van der Waals surface area contributed by atoms with Gasteiger partial charge < -0.3 is 10.6 Å². The van der Waals surface area contributed by atoms with E-state index in [9.17, 15) is 0 Å². The van der Waals surface area contributed by atoms with Crippen molar-refractivity contribution < 1.29 is 0 Å². The molecule has 0 aliphatic heterocycles. The molecule has 2 aromatic rings. The molecule has 114 valence electrons. The maximum atomic E-state index is 4.57. The van der Waals surface area contributed by atoms with Gasteiger partial charge >= 0.3 is 0 Å². The highest BCUT2D eigenvalue weighted by molar-refractivity contribution is 5.48. The molecule has 2 N–H and O–H groups in total. The lowest BCUT2D eigenvalue weighted by Gasteiger charge is -2.11. The molecule has 21 heavy (non-hydrogen) atoms. The minimum Gasteiger partial charge on any atom is -0.373 e. The third kappa shape index (κ3) is 3.32. The lowest BCUT2D eigenvalue weighted by molar-refractivity contribution is 0.730. The van der Waals surface area contributed by atoms with E-state index in [0.29, 0.717) is 12.5 Å². The SMILES string of the molecule is CNc1cc(NCc2c(C)nn(C)c2C)nc(C(C)C)n1. The molecular weight excluding hydrogens is 264 g/mol. The fourth-order valence-electron chi connectivity index (χ4n) is 2.19.